The Hall–Kier alpha value is -4.12. The van der Waals surface area contributed by atoms with Crippen LogP contribution in [0.2, 0.25) is 0 Å². The van der Waals surface area contributed by atoms with E-state index in [0.29, 0.717) is 46.6 Å². The summed E-state index contributed by atoms with van der Waals surface area (Å²) in [6, 6.07) is 14.7. The van der Waals surface area contributed by atoms with E-state index >= 15 is 0 Å². The molecule has 2 heterocycles. The third kappa shape index (κ3) is 5.74. The molecule has 206 valence electrons. The molecule has 0 bridgehead atoms. The number of carbonyl (C=O) groups excluding carboxylic acids is 2. The first-order valence-electron chi connectivity index (χ1n) is 12.6. The number of hydrogen-bond acceptors (Lipinski definition) is 5. The minimum absolute atomic E-state index is 0.0718. The van der Waals surface area contributed by atoms with E-state index in [9.17, 15) is 18.4 Å². The Kier molecular flexibility index (Phi) is 7.92. The zero-order valence-corrected chi connectivity index (χ0v) is 23.4. The highest BCUT2D eigenvalue weighted by atomic mass is 79.9. The molecule has 0 saturated carbocycles. The summed E-state index contributed by atoms with van der Waals surface area (Å²) in [5.41, 5.74) is 1.80. The Morgan fingerprint density at radius 1 is 1.10 bits per heavy atom. The van der Waals surface area contributed by atoms with Crippen molar-refractivity contribution < 1.29 is 23.1 Å². The maximum Gasteiger partial charge on any atom is 0.255 e. The number of benzene rings is 3. The molecular formula is C29H26BrF2N5O3. The van der Waals surface area contributed by atoms with Gasteiger partial charge in [-0.3, -0.25) is 9.59 Å². The van der Waals surface area contributed by atoms with Crippen molar-refractivity contribution in [2.75, 3.05) is 25.5 Å². The highest BCUT2D eigenvalue weighted by Crippen LogP contribution is 2.30. The maximum absolute atomic E-state index is 14.5. The van der Waals surface area contributed by atoms with Crippen molar-refractivity contribution in [1.29, 1.82) is 0 Å². The van der Waals surface area contributed by atoms with Gasteiger partial charge in [-0.15, -0.1) is 5.10 Å². The second kappa shape index (κ2) is 11.5. The molecule has 1 aliphatic heterocycles. The van der Waals surface area contributed by atoms with Gasteiger partial charge in [-0.2, -0.15) is 0 Å². The quantitative estimate of drug-likeness (QED) is 0.285. The van der Waals surface area contributed by atoms with E-state index in [0.717, 1.165) is 6.07 Å². The fraction of sp³-hybridized carbons (Fsp3) is 0.241. The lowest BCUT2D eigenvalue weighted by Crippen LogP contribution is -2.29. The second-order valence-electron chi connectivity index (χ2n) is 9.57. The van der Waals surface area contributed by atoms with E-state index in [4.69, 9.17) is 4.74 Å². The zero-order valence-electron chi connectivity index (χ0n) is 21.8. The predicted molar refractivity (Wildman–Crippen MR) is 149 cm³/mol. The molecule has 40 heavy (non-hydrogen) atoms. The van der Waals surface area contributed by atoms with E-state index in [-0.39, 0.29) is 34.9 Å². The zero-order chi connectivity index (χ0) is 28.4. The van der Waals surface area contributed by atoms with Crippen LogP contribution in [0.5, 0.6) is 5.75 Å². The molecule has 4 aromatic rings. The van der Waals surface area contributed by atoms with Crippen molar-refractivity contribution in [1.82, 2.24) is 19.9 Å². The first kappa shape index (κ1) is 27.4. The highest BCUT2D eigenvalue weighted by Gasteiger charge is 2.31. The Morgan fingerprint density at radius 3 is 2.60 bits per heavy atom. The number of likely N-dealkylation sites (tertiary alicyclic amines) is 1. The van der Waals surface area contributed by atoms with Crippen LogP contribution in [0.25, 0.3) is 0 Å². The van der Waals surface area contributed by atoms with E-state index in [1.54, 1.807) is 52.2 Å². The van der Waals surface area contributed by atoms with Crippen LogP contribution < -0.4 is 10.1 Å². The number of anilines is 1. The van der Waals surface area contributed by atoms with Gasteiger partial charge in [0, 0.05) is 40.8 Å². The summed E-state index contributed by atoms with van der Waals surface area (Å²) in [5, 5.41) is 11.2. The molecule has 5 rings (SSSR count). The van der Waals surface area contributed by atoms with Gasteiger partial charge in [-0.05, 0) is 67.9 Å². The lowest BCUT2D eigenvalue weighted by atomic mass is 10.1. The Labute approximate surface area is 238 Å². The highest BCUT2D eigenvalue weighted by molar-refractivity contribution is 9.10. The van der Waals surface area contributed by atoms with Crippen LogP contribution in [0.3, 0.4) is 0 Å². The van der Waals surface area contributed by atoms with E-state index in [1.807, 2.05) is 6.92 Å². The van der Waals surface area contributed by atoms with Crippen LogP contribution in [-0.2, 0) is 0 Å². The number of halogens is 3. The number of carbonyl (C=O) groups is 2. The lowest BCUT2D eigenvalue weighted by molar-refractivity contribution is 0.0791. The van der Waals surface area contributed by atoms with Gasteiger partial charge in [-0.1, -0.05) is 27.2 Å². The van der Waals surface area contributed by atoms with Gasteiger partial charge in [0.05, 0.1) is 30.1 Å². The van der Waals surface area contributed by atoms with Crippen LogP contribution >= 0.6 is 15.9 Å². The molecule has 0 spiro atoms. The fourth-order valence-electron chi connectivity index (χ4n) is 4.75. The third-order valence-electron chi connectivity index (χ3n) is 7.04. The Morgan fingerprint density at radius 2 is 1.88 bits per heavy atom. The van der Waals surface area contributed by atoms with Crippen molar-refractivity contribution >= 4 is 33.4 Å². The van der Waals surface area contributed by atoms with Crippen LogP contribution in [0.15, 0.2) is 71.3 Å². The number of aromatic nitrogens is 3. The van der Waals surface area contributed by atoms with Crippen LogP contribution in [0, 0.1) is 11.6 Å². The summed E-state index contributed by atoms with van der Waals surface area (Å²) in [4.78, 5) is 27.9. The van der Waals surface area contributed by atoms with Gasteiger partial charge in [-0.25, -0.2) is 13.5 Å². The largest absolute Gasteiger partial charge is 0.497 e. The topological polar surface area (TPSA) is 89.4 Å². The molecule has 1 aliphatic rings. The van der Waals surface area contributed by atoms with E-state index in [2.05, 4.69) is 31.6 Å². The van der Waals surface area contributed by atoms with Gasteiger partial charge >= 0.3 is 0 Å². The minimum Gasteiger partial charge on any atom is -0.497 e. The molecule has 1 aromatic heterocycles. The SMILES string of the molecule is COc1ccc(C(=O)Nc2cc(F)ccc2C(=O)N2CCC(c3cn([C@H](C)c4ccc(Br)cc4F)nn3)C2)cc1. The molecular weight excluding hydrogens is 584 g/mol. The number of nitrogens with zero attached hydrogens (tertiary/aromatic N) is 4. The summed E-state index contributed by atoms with van der Waals surface area (Å²) in [7, 11) is 1.52. The van der Waals surface area contributed by atoms with Crippen molar-refractivity contribution in [3.05, 3.63) is 105 Å². The summed E-state index contributed by atoms with van der Waals surface area (Å²) in [5.74, 6) is -1.20. The lowest BCUT2D eigenvalue weighted by Gasteiger charge is -2.19. The molecule has 1 unspecified atom stereocenters. The molecule has 1 N–H and O–H groups in total. The van der Waals surface area contributed by atoms with Crippen LogP contribution in [0.4, 0.5) is 14.5 Å². The average Bonchev–Trinajstić information content (AvgIpc) is 3.63. The van der Waals surface area contributed by atoms with Gasteiger partial charge in [0.1, 0.15) is 17.4 Å². The number of hydrogen-bond donors (Lipinski definition) is 1. The van der Waals surface area contributed by atoms with Crippen LogP contribution in [-0.4, -0.2) is 51.9 Å². The molecule has 0 radical (unpaired) electrons. The molecule has 2 amide bonds. The van der Waals surface area contributed by atoms with E-state index in [1.165, 1.54) is 25.3 Å². The number of amides is 2. The van der Waals surface area contributed by atoms with Crippen LogP contribution in [0.1, 0.15) is 57.3 Å². The number of nitrogens with one attached hydrogen (secondary N) is 1. The molecule has 2 atom stereocenters. The summed E-state index contributed by atoms with van der Waals surface area (Å²) in [6.45, 7) is 2.67. The number of methoxy groups -OCH3 is 1. The van der Waals surface area contributed by atoms with Crippen molar-refractivity contribution in [3.63, 3.8) is 0 Å². The van der Waals surface area contributed by atoms with Gasteiger partial charge in [0.25, 0.3) is 11.8 Å². The third-order valence-corrected chi connectivity index (χ3v) is 7.54. The first-order chi connectivity index (χ1) is 19.2. The normalized spacial score (nSPS) is 15.6. The van der Waals surface area contributed by atoms with Crippen molar-refractivity contribution in [2.24, 2.45) is 0 Å². The molecule has 1 fully saturated rings. The summed E-state index contributed by atoms with van der Waals surface area (Å²) >= 11 is 3.27. The predicted octanol–water partition coefficient (Wildman–Crippen LogP) is 5.82. The molecule has 11 heteroatoms. The Bertz CT molecular complexity index is 1560. The van der Waals surface area contributed by atoms with Crippen molar-refractivity contribution in [2.45, 2.75) is 25.3 Å². The molecule has 0 aliphatic carbocycles. The smallest absolute Gasteiger partial charge is 0.255 e. The molecule has 8 nitrogen and oxygen atoms in total. The van der Waals surface area contributed by atoms with Gasteiger partial charge in [0.2, 0.25) is 0 Å². The summed E-state index contributed by atoms with van der Waals surface area (Å²) in [6.07, 6.45) is 2.43. The maximum atomic E-state index is 14.5. The second-order valence-corrected chi connectivity index (χ2v) is 10.5. The average molecular weight is 610 g/mol. The minimum atomic E-state index is -0.575. The number of rotatable bonds is 7. The standard InChI is InChI=1S/C29H26BrF2N5O3/c1-17(23-9-5-20(30)13-25(23)32)37-16-27(34-35-37)19-11-12-36(15-19)29(39)24-10-6-21(31)14-26(24)33-28(38)18-3-7-22(40-2)8-4-18/h3-10,13-14,16-17,19H,11-12,15H2,1-2H3,(H,33,38)/t17-,19?/m1/s1. The van der Waals surface area contributed by atoms with Gasteiger partial charge < -0.3 is 15.0 Å². The molecule has 1 saturated heterocycles. The number of ether oxygens (including phenoxy) is 1. The monoisotopic (exact) mass is 609 g/mol. The summed E-state index contributed by atoms with van der Waals surface area (Å²) < 4.78 is 36.0. The van der Waals surface area contributed by atoms with Gasteiger partial charge in [0.15, 0.2) is 0 Å². The molecule has 3 aromatic carbocycles. The Balaban J connectivity index is 1.29. The first-order valence-corrected chi connectivity index (χ1v) is 13.4. The fourth-order valence-corrected chi connectivity index (χ4v) is 5.08. The van der Waals surface area contributed by atoms with Crippen molar-refractivity contribution in [3.8, 4) is 5.75 Å². The van der Waals surface area contributed by atoms with E-state index < -0.39 is 11.7 Å².